The maximum absolute atomic E-state index is 12.5. The van der Waals surface area contributed by atoms with E-state index in [1.165, 1.54) is 6.07 Å². The Labute approximate surface area is 197 Å². The Kier molecular flexibility index (Phi) is 5.55. The molecule has 0 saturated carbocycles. The fraction of sp³-hybridized carbons (Fsp3) is 0.333. The number of aromatic amines is 1. The minimum absolute atomic E-state index is 0.149. The van der Waals surface area contributed by atoms with Crippen molar-refractivity contribution in [1.82, 2.24) is 10.3 Å². The molecule has 3 heterocycles. The maximum atomic E-state index is 12.5. The monoisotopic (exact) mass is 460 g/mol. The minimum atomic E-state index is -0.413. The standard InChI is InChI=1S/C27H28N2O5/c1-16-12-24(31)33-26-19-8-10-27(2,3)34-21(19)13-22(25(16)26)32-15-23(30)28-11-9-17-14-29-20-7-5-4-6-18(17)20/h4-7,12-14,29H,8-11,15H2,1-3H3,(H,28,30). The molecule has 0 spiro atoms. The van der Waals surface area contributed by atoms with Gasteiger partial charge in [-0.15, -0.1) is 0 Å². The van der Waals surface area contributed by atoms with Crippen molar-refractivity contribution in [2.24, 2.45) is 0 Å². The summed E-state index contributed by atoms with van der Waals surface area (Å²) in [6.07, 6.45) is 4.24. The van der Waals surface area contributed by atoms with Crippen molar-refractivity contribution in [2.45, 2.75) is 45.6 Å². The number of amides is 1. The maximum Gasteiger partial charge on any atom is 0.336 e. The molecule has 0 aliphatic carbocycles. The summed E-state index contributed by atoms with van der Waals surface area (Å²) in [5, 5.41) is 4.78. The Hall–Kier alpha value is -3.74. The second-order valence-electron chi connectivity index (χ2n) is 9.41. The molecule has 176 valence electrons. The fourth-order valence-corrected chi connectivity index (χ4v) is 4.60. The highest BCUT2D eigenvalue weighted by molar-refractivity contribution is 5.91. The lowest BCUT2D eigenvalue weighted by Gasteiger charge is -2.33. The topological polar surface area (TPSA) is 93.6 Å². The summed E-state index contributed by atoms with van der Waals surface area (Å²) >= 11 is 0. The minimum Gasteiger partial charge on any atom is -0.487 e. The molecule has 1 amide bonds. The Bertz CT molecular complexity index is 1450. The van der Waals surface area contributed by atoms with Crippen molar-refractivity contribution in [3.63, 3.8) is 0 Å². The van der Waals surface area contributed by atoms with E-state index >= 15 is 0 Å². The number of para-hydroxylation sites is 1. The van der Waals surface area contributed by atoms with Gasteiger partial charge in [0.05, 0.1) is 5.39 Å². The SMILES string of the molecule is Cc1cc(=O)oc2c3c(cc(OCC(=O)NCCc4c[nH]c5ccccc45)c12)OC(C)(C)CC3. The van der Waals surface area contributed by atoms with E-state index in [0.717, 1.165) is 40.4 Å². The van der Waals surface area contributed by atoms with E-state index < -0.39 is 5.63 Å². The first-order valence-electron chi connectivity index (χ1n) is 11.5. The van der Waals surface area contributed by atoms with Gasteiger partial charge in [-0.3, -0.25) is 4.79 Å². The van der Waals surface area contributed by atoms with Crippen LogP contribution in [0.3, 0.4) is 0 Å². The predicted octanol–water partition coefficient (Wildman–Crippen LogP) is 4.42. The van der Waals surface area contributed by atoms with Crippen LogP contribution in [-0.2, 0) is 17.6 Å². The molecule has 7 nitrogen and oxygen atoms in total. The quantitative estimate of drug-likeness (QED) is 0.416. The Morgan fingerprint density at radius 1 is 1.24 bits per heavy atom. The van der Waals surface area contributed by atoms with Crippen LogP contribution in [0.4, 0.5) is 0 Å². The zero-order valence-corrected chi connectivity index (χ0v) is 19.6. The summed E-state index contributed by atoms with van der Waals surface area (Å²) < 4.78 is 17.7. The normalized spacial score (nSPS) is 14.6. The average molecular weight is 461 g/mol. The smallest absolute Gasteiger partial charge is 0.336 e. The molecule has 34 heavy (non-hydrogen) atoms. The van der Waals surface area contributed by atoms with Gasteiger partial charge in [-0.25, -0.2) is 4.79 Å². The van der Waals surface area contributed by atoms with Crippen LogP contribution in [0.5, 0.6) is 11.5 Å². The number of ether oxygens (including phenoxy) is 2. The highest BCUT2D eigenvalue weighted by Gasteiger charge is 2.30. The molecule has 0 fully saturated rings. The van der Waals surface area contributed by atoms with E-state index in [0.29, 0.717) is 35.4 Å². The molecule has 1 aliphatic heterocycles. The Morgan fingerprint density at radius 3 is 2.91 bits per heavy atom. The van der Waals surface area contributed by atoms with Crippen molar-refractivity contribution in [2.75, 3.05) is 13.2 Å². The average Bonchev–Trinajstić information content (AvgIpc) is 3.19. The summed E-state index contributed by atoms with van der Waals surface area (Å²) in [4.78, 5) is 27.9. The third-order valence-corrected chi connectivity index (χ3v) is 6.35. The highest BCUT2D eigenvalue weighted by atomic mass is 16.5. The zero-order valence-electron chi connectivity index (χ0n) is 19.6. The molecule has 5 rings (SSSR count). The largest absolute Gasteiger partial charge is 0.487 e. The third-order valence-electron chi connectivity index (χ3n) is 6.35. The molecule has 2 aromatic carbocycles. The fourth-order valence-electron chi connectivity index (χ4n) is 4.60. The molecule has 4 aromatic rings. The summed E-state index contributed by atoms with van der Waals surface area (Å²) in [5.41, 5.74) is 3.58. The first-order chi connectivity index (χ1) is 16.3. The van der Waals surface area contributed by atoms with Gasteiger partial charge in [0.2, 0.25) is 0 Å². The predicted molar refractivity (Wildman–Crippen MR) is 131 cm³/mol. The molecule has 0 radical (unpaired) electrons. The lowest BCUT2D eigenvalue weighted by Crippen LogP contribution is -2.33. The van der Waals surface area contributed by atoms with Crippen molar-refractivity contribution in [1.29, 1.82) is 0 Å². The van der Waals surface area contributed by atoms with Gasteiger partial charge in [-0.1, -0.05) is 18.2 Å². The van der Waals surface area contributed by atoms with Crippen LogP contribution in [0.15, 0.2) is 51.8 Å². The Balaban J connectivity index is 1.31. The van der Waals surface area contributed by atoms with Crippen molar-refractivity contribution in [3.8, 4) is 11.5 Å². The molecule has 7 heteroatoms. The number of fused-ring (bicyclic) bond motifs is 4. The van der Waals surface area contributed by atoms with Crippen LogP contribution in [0, 0.1) is 6.92 Å². The number of aryl methyl sites for hydroxylation is 2. The summed E-state index contributed by atoms with van der Waals surface area (Å²) in [5.74, 6) is 0.883. The van der Waals surface area contributed by atoms with E-state index in [1.807, 2.05) is 51.2 Å². The summed E-state index contributed by atoms with van der Waals surface area (Å²) in [6, 6.07) is 11.3. The second-order valence-corrected chi connectivity index (χ2v) is 9.41. The van der Waals surface area contributed by atoms with Gasteiger partial charge in [-0.2, -0.15) is 0 Å². The third kappa shape index (κ3) is 4.25. The van der Waals surface area contributed by atoms with E-state index in [9.17, 15) is 9.59 Å². The molecular weight excluding hydrogens is 432 g/mol. The van der Waals surface area contributed by atoms with Crippen LogP contribution < -0.4 is 20.4 Å². The van der Waals surface area contributed by atoms with Gasteiger partial charge in [0.25, 0.3) is 5.91 Å². The van der Waals surface area contributed by atoms with Gasteiger partial charge in [-0.05, 0) is 57.2 Å². The number of nitrogens with one attached hydrogen (secondary N) is 2. The number of hydrogen-bond acceptors (Lipinski definition) is 5. The lowest BCUT2D eigenvalue weighted by atomic mass is 9.92. The number of hydrogen-bond donors (Lipinski definition) is 2. The van der Waals surface area contributed by atoms with Crippen molar-refractivity contribution < 1.29 is 18.7 Å². The number of carbonyl (C=O) groups is 1. The second kappa shape index (κ2) is 8.56. The van der Waals surface area contributed by atoms with Gasteiger partial charge in [0.15, 0.2) is 6.61 Å². The molecule has 0 unspecified atom stereocenters. The van der Waals surface area contributed by atoms with E-state index in [1.54, 1.807) is 0 Å². The molecule has 0 atom stereocenters. The highest BCUT2D eigenvalue weighted by Crippen LogP contribution is 2.42. The van der Waals surface area contributed by atoms with Crippen LogP contribution in [0.1, 0.15) is 37.0 Å². The van der Waals surface area contributed by atoms with Gasteiger partial charge < -0.3 is 24.2 Å². The lowest BCUT2D eigenvalue weighted by molar-refractivity contribution is -0.123. The van der Waals surface area contributed by atoms with Crippen molar-refractivity contribution >= 4 is 27.8 Å². The number of rotatable bonds is 6. The number of H-pyrrole nitrogens is 1. The first kappa shape index (κ1) is 22.1. The molecule has 1 aliphatic rings. The van der Waals surface area contributed by atoms with Crippen LogP contribution >= 0.6 is 0 Å². The van der Waals surface area contributed by atoms with Gasteiger partial charge >= 0.3 is 5.63 Å². The van der Waals surface area contributed by atoms with E-state index in [4.69, 9.17) is 13.9 Å². The molecule has 0 bridgehead atoms. The van der Waals surface area contributed by atoms with Gasteiger partial charge in [0.1, 0.15) is 22.7 Å². The van der Waals surface area contributed by atoms with Crippen LogP contribution in [0.25, 0.3) is 21.9 Å². The molecule has 2 aromatic heterocycles. The number of benzene rings is 2. The van der Waals surface area contributed by atoms with Crippen molar-refractivity contribution in [3.05, 3.63) is 69.7 Å². The van der Waals surface area contributed by atoms with E-state index in [-0.39, 0.29) is 18.1 Å². The molecule has 2 N–H and O–H groups in total. The molecule has 0 saturated heterocycles. The number of aromatic nitrogens is 1. The first-order valence-corrected chi connectivity index (χ1v) is 11.5. The Morgan fingerprint density at radius 2 is 2.06 bits per heavy atom. The van der Waals surface area contributed by atoms with Crippen LogP contribution in [-0.4, -0.2) is 29.6 Å². The van der Waals surface area contributed by atoms with Gasteiger partial charge in [0, 0.05) is 41.3 Å². The zero-order chi connectivity index (χ0) is 23.9. The van der Waals surface area contributed by atoms with Crippen LogP contribution in [0.2, 0.25) is 0 Å². The number of carbonyl (C=O) groups excluding carboxylic acids is 1. The van der Waals surface area contributed by atoms with E-state index in [2.05, 4.69) is 16.4 Å². The molecular formula is C27H28N2O5. The summed E-state index contributed by atoms with van der Waals surface area (Å²) in [7, 11) is 0. The summed E-state index contributed by atoms with van der Waals surface area (Å²) in [6.45, 7) is 6.24.